The Kier molecular flexibility index (Phi) is 6.24. The quantitative estimate of drug-likeness (QED) is 0.868. The highest BCUT2D eigenvalue weighted by molar-refractivity contribution is 5.73. The molecule has 0 saturated carbocycles. The van der Waals surface area contributed by atoms with E-state index in [-0.39, 0.29) is 5.91 Å². The Bertz CT molecular complexity index is 424. The maximum atomic E-state index is 11.4. The van der Waals surface area contributed by atoms with Gasteiger partial charge in [0, 0.05) is 32.1 Å². The highest BCUT2D eigenvalue weighted by Crippen LogP contribution is 2.22. The molecule has 0 bridgehead atoms. The summed E-state index contributed by atoms with van der Waals surface area (Å²) in [5.74, 6) is 0.207. The lowest BCUT2D eigenvalue weighted by Crippen LogP contribution is -2.45. The lowest BCUT2D eigenvalue weighted by molar-refractivity contribution is -0.129. The van der Waals surface area contributed by atoms with E-state index in [0.717, 1.165) is 25.9 Å². The minimum absolute atomic E-state index is 0.207. The number of likely N-dealkylation sites (tertiary alicyclic amines) is 1. The van der Waals surface area contributed by atoms with Crippen molar-refractivity contribution in [2.75, 3.05) is 13.1 Å². The van der Waals surface area contributed by atoms with Gasteiger partial charge in [-0.3, -0.25) is 4.79 Å². The van der Waals surface area contributed by atoms with E-state index in [9.17, 15) is 4.79 Å². The van der Waals surface area contributed by atoms with Gasteiger partial charge in [0.1, 0.15) is 0 Å². The van der Waals surface area contributed by atoms with Crippen LogP contribution in [-0.4, -0.2) is 29.9 Å². The molecule has 1 unspecified atom stereocenters. The summed E-state index contributed by atoms with van der Waals surface area (Å²) in [6.45, 7) is 5.69. The first-order chi connectivity index (χ1) is 10.2. The lowest BCUT2D eigenvalue weighted by atomic mass is 9.97. The summed E-state index contributed by atoms with van der Waals surface area (Å²) in [6.07, 6.45) is 5.80. The first-order valence-electron chi connectivity index (χ1n) is 8.27. The van der Waals surface area contributed by atoms with Gasteiger partial charge in [-0.05, 0) is 24.8 Å². The number of amides is 1. The van der Waals surface area contributed by atoms with Crippen molar-refractivity contribution in [3.63, 3.8) is 0 Å². The van der Waals surface area contributed by atoms with Gasteiger partial charge in [0.2, 0.25) is 5.91 Å². The Morgan fingerprint density at radius 1 is 1.29 bits per heavy atom. The van der Waals surface area contributed by atoms with Crippen molar-refractivity contribution >= 4 is 5.91 Å². The molecule has 1 aliphatic heterocycles. The number of hydrogen-bond acceptors (Lipinski definition) is 2. The summed E-state index contributed by atoms with van der Waals surface area (Å²) in [5.41, 5.74) is 1.39. The van der Waals surface area contributed by atoms with Gasteiger partial charge in [0.15, 0.2) is 0 Å². The maximum absolute atomic E-state index is 11.4. The van der Waals surface area contributed by atoms with E-state index in [2.05, 4.69) is 42.6 Å². The maximum Gasteiger partial charge on any atom is 0.219 e. The zero-order chi connectivity index (χ0) is 15.1. The lowest BCUT2D eigenvalue weighted by Gasteiger charge is -2.34. The molecule has 1 aromatic rings. The van der Waals surface area contributed by atoms with Crippen molar-refractivity contribution in [1.82, 2.24) is 10.2 Å². The van der Waals surface area contributed by atoms with E-state index in [1.54, 1.807) is 6.92 Å². The summed E-state index contributed by atoms with van der Waals surface area (Å²) in [5, 5.41) is 3.83. The molecule has 1 N–H and O–H groups in total. The van der Waals surface area contributed by atoms with E-state index in [0.29, 0.717) is 12.1 Å². The largest absolute Gasteiger partial charge is 0.343 e. The number of unbranched alkanes of at least 4 members (excludes halogenated alkanes) is 1. The predicted octanol–water partition coefficient (Wildman–Crippen LogP) is 3.52. The molecule has 0 spiro atoms. The van der Waals surface area contributed by atoms with Gasteiger partial charge >= 0.3 is 0 Å². The van der Waals surface area contributed by atoms with Crippen LogP contribution >= 0.6 is 0 Å². The molecule has 0 aliphatic carbocycles. The van der Waals surface area contributed by atoms with Crippen LogP contribution in [0.25, 0.3) is 0 Å². The fourth-order valence-electron chi connectivity index (χ4n) is 3.09. The number of nitrogens with zero attached hydrogens (tertiary/aromatic N) is 1. The van der Waals surface area contributed by atoms with E-state index < -0.39 is 0 Å². The Morgan fingerprint density at radius 2 is 1.95 bits per heavy atom. The van der Waals surface area contributed by atoms with Crippen molar-refractivity contribution in [2.24, 2.45) is 0 Å². The highest BCUT2D eigenvalue weighted by Gasteiger charge is 2.23. The Hall–Kier alpha value is -1.35. The van der Waals surface area contributed by atoms with Crippen LogP contribution in [0.2, 0.25) is 0 Å². The molecule has 1 fully saturated rings. The minimum Gasteiger partial charge on any atom is -0.343 e. The van der Waals surface area contributed by atoms with Gasteiger partial charge in [0.05, 0.1) is 0 Å². The molecule has 1 aliphatic rings. The molecular weight excluding hydrogens is 260 g/mol. The first-order valence-corrected chi connectivity index (χ1v) is 8.27. The predicted molar refractivity (Wildman–Crippen MR) is 87.1 cm³/mol. The second-order valence-electron chi connectivity index (χ2n) is 6.05. The molecule has 1 aromatic carbocycles. The smallest absolute Gasteiger partial charge is 0.219 e. The number of benzene rings is 1. The summed E-state index contributed by atoms with van der Waals surface area (Å²) in [6, 6.07) is 11.7. The minimum atomic E-state index is 0.207. The van der Waals surface area contributed by atoms with Crippen molar-refractivity contribution in [1.29, 1.82) is 0 Å². The van der Waals surface area contributed by atoms with Crippen LogP contribution in [0.5, 0.6) is 0 Å². The van der Waals surface area contributed by atoms with Gasteiger partial charge in [-0.25, -0.2) is 0 Å². The van der Waals surface area contributed by atoms with Crippen LogP contribution in [-0.2, 0) is 4.79 Å². The second kappa shape index (κ2) is 8.18. The van der Waals surface area contributed by atoms with Gasteiger partial charge in [-0.15, -0.1) is 0 Å². The van der Waals surface area contributed by atoms with Gasteiger partial charge in [0.25, 0.3) is 0 Å². The summed E-state index contributed by atoms with van der Waals surface area (Å²) < 4.78 is 0. The third-order valence-corrected chi connectivity index (χ3v) is 4.43. The van der Waals surface area contributed by atoms with Crippen molar-refractivity contribution in [2.45, 2.75) is 58.0 Å². The summed E-state index contributed by atoms with van der Waals surface area (Å²) in [4.78, 5) is 13.4. The number of carbonyl (C=O) groups excluding carboxylic acids is 1. The third kappa shape index (κ3) is 4.85. The molecule has 1 saturated heterocycles. The zero-order valence-corrected chi connectivity index (χ0v) is 13.3. The highest BCUT2D eigenvalue weighted by atomic mass is 16.2. The number of carbonyl (C=O) groups is 1. The Morgan fingerprint density at radius 3 is 2.52 bits per heavy atom. The fourth-order valence-corrected chi connectivity index (χ4v) is 3.09. The van der Waals surface area contributed by atoms with E-state index in [1.165, 1.54) is 24.8 Å². The summed E-state index contributed by atoms with van der Waals surface area (Å²) >= 11 is 0. The monoisotopic (exact) mass is 288 g/mol. The normalized spacial score (nSPS) is 17.7. The second-order valence-corrected chi connectivity index (χ2v) is 6.05. The van der Waals surface area contributed by atoms with Gasteiger partial charge in [-0.2, -0.15) is 0 Å². The van der Waals surface area contributed by atoms with E-state index >= 15 is 0 Å². The molecule has 3 nitrogen and oxygen atoms in total. The first kappa shape index (κ1) is 16.0. The third-order valence-electron chi connectivity index (χ3n) is 4.43. The molecule has 21 heavy (non-hydrogen) atoms. The topological polar surface area (TPSA) is 32.3 Å². The average molecular weight is 288 g/mol. The molecule has 3 heteroatoms. The molecule has 0 radical (unpaired) electrons. The fraction of sp³-hybridized carbons (Fsp3) is 0.611. The van der Waals surface area contributed by atoms with Gasteiger partial charge in [-0.1, -0.05) is 50.1 Å². The van der Waals surface area contributed by atoms with Crippen molar-refractivity contribution in [3.05, 3.63) is 35.9 Å². The number of nitrogens with one attached hydrogen (secondary N) is 1. The standard InChI is InChI=1S/C18H28N2O/c1-3-4-10-18(16-8-6-5-7-9-16)19-17-11-13-20(14-12-17)15(2)21/h5-9,17-19H,3-4,10-14H2,1-2H3. The van der Waals surface area contributed by atoms with Crippen LogP contribution < -0.4 is 5.32 Å². The number of rotatable bonds is 6. The summed E-state index contributed by atoms with van der Waals surface area (Å²) in [7, 11) is 0. The molecule has 1 amide bonds. The van der Waals surface area contributed by atoms with E-state index in [4.69, 9.17) is 0 Å². The van der Waals surface area contributed by atoms with Gasteiger partial charge < -0.3 is 10.2 Å². The molecule has 2 rings (SSSR count). The molecule has 0 aromatic heterocycles. The number of hydrogen-bond donors (Lipinski definition) is 1. The van der Waals surface area contributed by atoms with Crippen LogP contribution in [0.1, 0.15) is 57.6 Å². The Balaban J connectivity index is 1.92. The van der Waals surface area contributed by atoms with Crippen LogP contribution in [0.4, 0.5) is 0 Å². The number of piperidine rings is 1. The van der Waals surface area contributed by atoms with Crippen LogP contribution in [0.15, 0.2) is 30.3 Å². The van der Waals surface area contributed by atoms with Crippen molar-refractivity contribution < 1.29 is 4.79 Å². The molecular formula is C18H28N2O. The van der Waals surface area contributed by atoms with Crippen LogP contribution in [0.3, 0.4) is 0 Å². The van der Waals surface area contributed by atoms with Crippen LogP contribution in [0, 0.1) is 0 Å². The van der Waals surface area contributed by atoms with Crippen molar-refractivity contribution in [3.8, 4) is 0 Å². The molecule has 1 atom stereocenters. The van der Waals surface area contributed by atoms with E-state index in [1.807, 2.05) is 4.90 Å². The molecule has 1 heterocycles. The Labute approximate surface area is 128 Å². The average Bonchev–Trinajstić information content (AvgIpc) is 2.52. The molecule has 116 valence electrons. The zero-order valence-electron chi connectivity index (χ0n) is 13.3. The SMILES string of the molecule is CCCCC(NC1CCN(C(C)=O)CC1)c1ccccc1.